The van der Waals surface area contributed by atoms with Crippen molar-refractivity contribution in [1.82, 2.24) is 30.0 Å². The summed E-state index contributed by atoms with van der Waals surface area (Å²) in [6, 6.07) is 14.2. The highest BCUT2D eigenvalue weighted by atomic mass is 35.5. The van der Waals surface area contributed by atoms with E-state index in [0.29, 0.717) is 52.8 Å². The van der Waals surface area contributed by atoms with Gasteiger partial charge >= 0.3 is 6.09 Å². The zero-order valence-electron chi connectivity index (χ0n) is 19.3. The van der Waals surface area contributed by atoms with Gasteiger partial charge in [0.2, 0.25) is 0 Å². The number of halogens is 1. The number of rotatable bonds is 5. The van der Waals surface area contributed by atoms with Crippen LogP contribution in [0.4, 0.5) is 10.6 Å². The van der Waals surface area contributed by atoms with E-state index in [4.69, 9.17) is 22.4 Å². The first-order valence-corrected chi connectivity index (χ1v) is 11.9. The summed E-state index contributed by atoms with van der Waals surface area (Å²) in [5, 5.41) is 18.4. The van der Waals surface area contributed by atoms with Crippen molar-refractivity contribution in [2.24, 2.45) is 0 Å². The van der Waals surface area contributed by atoms with Crippen molar-refractivity contribution in [1.29, 1.82) is 0 Å². The number of piperidine rings is 1. The molecule has 0 unspecified atom stereocenters. The predicted molar refractivity (Wildman–Crippen MR) is 136 cm³/mol. The van der Waals surface area contributed by atoms with E-state index in [1.54, 1.807) is 28.9 Å². The number of aromatic nitrogens is 4. The number of hydrogen-bond acceptors (Lipinski definition) is 6. The molecule has 0 spiro atoms. The second-order valence-corrected chi connectivity index (χ2v) is 9.10. The quantitative estimate of drug-likeness (QED) is 0.373. The molecule has 1 aliphatic rings. The topological polar surface area (TPSA) is 139 Å². The Morgan fingerprint density at radius 3 is 2.58 bits per heavy atom. The van der Waals surface area contributed by atoms with E-state index in [2.05, 4.69) is 15.3 Å². The summed E-state index contributed by atoms with van der Waals surface area (Å²) in [6.45, 7) is 1.20. The minimum atomic E-state index is -0.940. The SMILES string of the molecule is Nc1ncnc2c1c(-c1ccc(CNC(=O)c3ccc(Cl)cc3)cc1)nn2[C@@H]1CCCN(C(=O)O)C1. The van der Waals surface area contributed by atoms with Crippen molar-refractivity contribution in [2.75, 3.05) is 18.8 Å². The maximum atomic E-state index is 12.4. The van der Waals surface area contributed by atoms with Crippen LogP contribution in [0.5, 0.6) is 0 Å². The van der Waals surface area contributed by atoms with Gasteiger partial charge in [-0.05, 0) is 42.7 Å². The Morgan fingerprint density at radius 1 is 1.11 bits per heavy atom. The molecule has 4 aromatic rings. The molecule has 10 nitrogen and oxygen atoms in total. The Bertz CT molecular complexity index is 1420. The highest BCUT2D eigenvalue weighted by molar-refractivity contribution is 6.30. The average Bonchev–Trinajstić information content (AvgIpc) is 3.29. The molecule has 2 aromatic carbocycles. The number of anilines is 1. The Balaban J connectivity index is 1.39. The smallest absolute Gasteiger partial charge is 0.407 e. The van der Waals surface area contributed by atoms with Crippen LogP contribution in [0.2, 0.25) is 5.02 Å². The molecule has 36 heavy (non-hydrogen) atoms. The molecule has 1 atom stereocenters. The van der Waals surface area contributed by atoms with Crippen LogP contribution in [-0.4, -0.2) is 54.8 Å². The van der Waals surface area contributed by atoms with Crippen LogP contribution in [0.15, 0.2) is 54.9 Å². The maximum Gasteiger partial charge on any atom is 0.407 e. The van der Waals surface area contributed by atoms with Crippen molar-refractivity contribution < 1.29 is 14.7 Å². The normalized spacial score (nSPS) is 15.7. The van der Waals surface area contributed by atoms with Crippen molar-refractivity contribution in [2.45, 2.75) is 25.4 Å². The number of nitrogens with one attached hydrogen (secondary N) is 1. The van der Waals surface area contributed by atoms with Gasteiger partial charge in [-0.3, -0.25) is 4.79 Å². The second-order valence-electron chi connectivity index (χ2n) is 8.66. The number of likely N-dealkylation sites (tertiary alicyclic amines) is 1. The number of amides is 2. The number of nitrogens with zero attached hydrogens (tertiary/aromatic N) is 5. The van der Waals surface area contributed by atoms with Gasteiger partial charge in [0.1, 0.15) is 17.8 Å². The summed E-state index contributed by atoms with van der Waals surface area (Å²) < 4.78 is 1.78. The monoisotopic (exact) mass is 505 g/mol. The minimum Gasteiger partial charge on any atom is -0.465 e. The van der Waals surface area contributed by atoms with E-state index in [9.17, 15) is 14.7 Å². The Hall–Kier alpha value is -4.18. The summed E-state index contributed by atoms with van der Waals surface area (Å²) >= 11 is 5.89. The largest absolute Gasteiger partial charge is 0.465 e. The van der Waals surface area contributed by atoms with Gasteiger partial charge in [-0.15, -0.1) is 0 Å². The molecule has 0 bridgehead atoms. The number of carbonyl (C=O) groups is 2. The Labute approximate surface area is 211 Å². The van der Waals surface area contributed by atoms with Crippen LogP contribution in [0.3, 0.4) is 0 Å². The summed E-state index contributed by atoms with van der Waals surface area (Å²) in [4.78, 5) is 33.9. The Kier molecular flexibility index (Phi) is 6.43. The van der Waals surface area contributed by atoms with E-state index in [-0.39, 0.29) is 11.9 Å². The Morgan fingerprint density at radius 2 is 1.86 bits per heavy atom. The average molecular weight is 506 g/mol. The van der Waals surface area contributed by atoms with Gasteiger partial charge in [-0.25, -0.2) is 19.4 Å². The zero-order valence-corrected chi connectivity index (χ0v) is 20.0. The van der Waals surface area contributed by atoms with E-state index in [1.807, 2.05) is 24.3 Å². The van der Waals surface area contributed by atoms with Gasteiger partial charge in [0.05, 0.1) is 11.4 Å². The third kappa shape index (κ3) is 4.67. The van der Waals surface area contributed by atoms with Crippen LogP contribution >= 0.6 is 11.6 Å². The van der Waals surface area contributed by atoms with Gasteiger partial charge in [0, 0.05) is 35.8 Å². The molecular formula is C25H24ClN7O3. The summed E-state index contributed by atoms with van der Waals surface area (Å²) in [5.74, 6) is 0.125. The molecule has 2 amide bonds. The third-order valence-electron chi connectivity index (χ3n) is 6.32. The first-order valence-electron chi connectivity index (χ1n) is 11.5. The predicted octanol–water partition coefficient (Wildman–Crippen LogP) is 3.97. The number of nitrogen functional groups attached to an aromatic ring is 1. The molecule has 1 fully saturated rings. The van der Waals surface area contributed by atoms with Crippen LogP contribution in [0.1, 0.15) is 34.8 Å². The van der Waals surface area contributed by atoms with Crippen LogP contribution in [0, 0.1) is 0 Å². The molecule has 0 saturated carbocycles. The van der Waals surface area contributed by atoms with Gasteiger partial charge in [-0.1, -0.05) is 35.9 Å². The van der Waals surface area contributed by atoms with Crippen LogP contribution < -0.4 is 11.1 Å². The summed E-state index contributed by atoms with van der Waals surface area (Å²) in [7, 11) is 0. The fourth-order valence-electron chi connectivity index (χ4n) is 4.45. The molecule has 3 heterocycles. The number of carboxylic acid groups (broad SMARTS) is 1. The molecule has 2 aromatic heterocycles. The zero-order chi connectivity index (χ0) is 25.2. The minimum absolute atomic E-state index is 0.150. The number of carbonyl (C=O) groups excluding carboxylic acids is 1. The number of benzene rings is 2. The highest BCUT2D eigenvalue weighted by Gasteiger charge is 2.28. The van der Waals surface area contributed by atoms with Gasteiger partial charge in [0.15, 0.2) is 5.65 Å². The number of fused-ring (bicyclic) bond motifs is 1. The molecule has 0 radical (unpaired) electrons. The summed E-state index contributed by atoms with van der Waals surface area (Å²) in [5.41, 5.74) is 9.70. The fraction of sp³-hybridized carbons (Fsp3) is 0.240. The molecule has 1 saturated heterocycles. The lowest BCUT2D eigenvalue weighted by Crippen LogP contribution is -2.40. The first kappa shape index (κ1) is 23.6. The highest BCUT2D eigenvalue weighted by Crippen LogP contribution is 2.33. The van der Waals surface area contributed by atoms with E-state index in [0.717, 1.165) is 24.0 Å². The molecule has 184 valence electrons. The van der Waals surface area contributed by atoms with E-state index >= 15 is 0 Å². The maximum absolute atomic E-state index is 12.4. The summed E-state index contributed by atoms with van der Waals surface area (Å²) in [6.07, 6.45) is 1.98. The van der Waals surface area contributed by atoms with Crippen molar-refractivity contribution >= 4 is 40.5 Å². The van der Waals surface area contributed by atoms with E-state index in [1.165, 1.54) is 11.2 Å². The fourth-order valence-corrected chi connectivity index (χ4v) is 4.57. The van der Waals surface area contributed by atoms with Crippen molar-refractivity contribution in [3.8, 4) is 11.3 Å². The number of nitrogens with two attached hydrogens (primary N) is 1. The third-order valence-corrected chi connectivity index (χ3v) is 6.57. The molecule has 5 rings (SSSR count). The second kappa shape index (κ2) is 9.82. The lowest BCUT2D eigenvalue weighted by Gasteiger charge is -2.30. The molecule has 11 heteroatoms. The number of hydrogen-bond donors (Lipinski definition) is 3. The van der Waals surface area contributed by atoms with Crippen LogP contribution in [0.25, 0.3) is 22.3 Å². The molecular weight excluding hydrogens is 482 g/mol. The molecule has 4 N–H and O–H groups in total. The van der Waals surface area contributed by atoms with E-state index < -0.39 is 6.09 Å². The van der Waals surface area contributed by atoms with Crippen LogP contribution in [-0.2, 0) is 6.54 Å². The lowest BCUT2D eigenvalue weighted by molar-refractivity contribution is 0.0950. The molecule has 0 aliphatic carbocycles. The van der Waals surface area contributed by atoms with Gasteiger partial charge in [0.25, 0.3) is 5.91 Å². The van der Waals surface area contributed by atoms with Gasteiger partial charge < -0.3 is 21.1 Å². The van der Waals surface area contributed by atoms with Crippen molar-refractivity contribution in [3.05, 3.63) is 71.0 Å². The lowest BCUT2D eigenvalue weighted by atomic mass is 10.1. The standard InChI is InChI=1S/C25H24ClN7O3/c26-18-9-7-17(8-10-18)24(34)28-12-15-3-5-16(6-4-15)21-20-22(27)29-14-30-23(20)33(31-21)19-2-1-11-32(13-19)25(35)36/h3-10,14,19H,1-2,11-13H2,(H,28,34)(H,35,36)(H2,27,29,30)/t19-/m1/s1. The van der Waals surface area contributed by atoms with Crippen molar-refractivity contribution in [3.63, 3.8) is 0 Å². The molecule has 1 aliphatic heterocycles. The van der Waals surface area contributed by atoms with Gasteiger partial charge in [-0.2, -0.15) is 5.10 Å². The first-order chi connectivity index (χ1) is 17.4.